The van der Waals surface area contributed by atoms with Gasteiger partial charge in [0.1, 0.15) is 10.6 Å². The Labute approximate surface area is 127 Å². The number of ether oxygens (including phenoxy) is 1. The topological polar surface area (TPSA) is 46.6 Å². The molecule has 1 aromatic rings. The molecule has 0 atom stereocenters. The number of methoxy groups -OCH3 is 1. The molecule has 0 radical (unpaired) electrons. The predicted molar refractivity (Wildman–Crippen MR) is 85.4 cm³/mol. The second kappa shape index (κ2) is 6.62. The highest BCUT2D eigenvalue weighted by atomic mass is 32.2. The van der Waals surface area contributed by atoms with Gasteiger partial charge < -0.3 is 4.74 Å². The fraction of sp³-hybridized carbons (Fsp3) is 0.500. The van der Waals surface area contributed by atoms with Crippen molar-refractivity contribution >= 4 is 15.4 Å². The Bertz CT molecular complexity index is 635. The average molecular weight is 309 g/mol. The first-order chi connectivity index (χ1) is 9.95. The van der Waals surface area contributed by atoms with Crippen molar-refractivity contribution in [2.75, 3.05) is 33.0 Å². The van der Waals surface area contributed by atoms with Gasteiger partial charge in [-0.1, -0.05) is 19.1 Å². The molecule has 116 valence electrons. The van der Waals surface area contributed by atoms with E-state index in [-0.39, 0.29) is 4.90 Å². The molecule has 5 heteroatoms. The minimum absolute atomic E-state index is 0.263. The molecular weight excluding hydrogens is 286 g/mol. The lowest BCUT2D eigenvalue weighted by Gasteiger charge is -2.26. The number of hydrogen-bond acceptors (Lipinski definition) is 4. The fourth-order valence-electron chi connectivity index (χ4n) is 2.66. The number of rotatable bonds is 5. The van der Waals surface area contributed by atoms with Gasteiger partial charge in [0, 0.05) is 19.3 Å². The van der Waals surface area contributed by atoms with Crippen LogP contribution in [0.2, 0.25) is 0 Å². The summed E-state index contributed by atoms with van der Waals surface area (Å²) in [6.45, 7) is 5.26. The molecule has 0 spiro atoms. The van der Waals surface area contributed by atoms with E-state index in [4.69, 9.17) is 4.74 Å². The van der Waals surface area contributed by atoms with Crippen LogP contribution in [0.15, 0.2) is 29.2 Å². The van der Waals surface area contributed by atoms with Crippen LogP contribution in [0, 0.1) is 0 Å². The van der Waals surface area contributed by atoms with Crippen LogP contribution in [0.3, 0.4) is 0 Å². The number of hydrogen-bond donors (Lipinski definition) is 0. The minimum Gasteiger partial charge on any atom is -0.495 e. The van der Waals surface area contributed by atoms with E-state index in [2.05, 4.69) is 17.9 Å². The van der Waals surface area contributed by atoms with Gasteiger partial charge in [-0.2, -0.15) is 0 Å². The van der Waals surface area contributed by atoms with E-state index >= 15 is 0 Å². The molecule has 4 nitrogen and oxygen atoms in total. The second-order valence-corrected chi connectivity index (χ2v) is 7.40. The molecule has 0 saturated heterocycles. The molecule has 0 aliphatic carbocycles. The lowest BCUT2D eigenvalue weighted by Crippen LogP contribution is -2.29. The van der Waals surface area contributed by atoms with E-state index in [1.165, 1.54) is 18.9 Å². The molecule has 21 heavy (non-hydrogen) atoms. The Morgan fingerprint density at radius 1 is 1.33 bits per heavy atom. The van der Waals surface area contributed by atoms with Gasteiger partial charge in [0.15, 0.2) is 9.84 Å². The number of nitrogens with zero attached hydrogens (tertiary/aromatic N) is 1. The highest BCUT2D eigenvalue weighted by Crippen LogP contribution is 2.30. The van der Waals surface area contributed by atoms with E-state index in [0.717, 1.165) is 38.0 Å². The Balaban J connectivity index is 2.30. The first-order valence-electron chi connectivity index (χ1n) is 7.25. The maximum absolute atomic E-state index is 11.9. The molecule has 0 saturated carbocycles. The summed E-state index contributed by atoms with van der Waals surface area (Å²) in [7, 11) is -1.80. The molecule has 1 heterocycles. The van der Waals surface area contributed by atoms with Crippen molar-refractivity contribution in [3.8, 4) is 5.75 Å². The van der Waals surface area contributed by atoms with Crippen LogP contribution in [-0.4, -0.2) is 46.3 Å². The van der Waals surface area contributed by atoms with Gasteiger partial charge in [0.25, 0.3) is 0 Å². The summed E-state index contributed by atoms with van der Waals surface area (Å²) in [6.07, 6.45) is 5.53. The van der Waals surface area contributed by atoms with Gasteiger partial charge in [-0.05, 0) is 42.7 Å². The zero-order valence-electron chi connectivity index (χ0n) is 12.9. The lowest BCUT2D eigenvalue weighted by molar-refractivity contribution is 0.302. The van der Waals surface area contributed by atoms with Crippen LogP contribution in [0.25, 0.3) is 5.57 Å². The van der Waals surface area contributed by atoms with Crippen LogP contribution in [0.1, 0.15) is 25.3 Å². The highest BCUT2D eigenvalue weighted by molar-refractivity contribution is 7.90. The summed E-state index contributed by atoms with van der Waals surface area (Å²) < 4.78 is 28.9. The van der Waals surface area contributed by atoms with Crippen molar-refractivity contribution in [2.24, 2.45) is 0 Å². The molecule has 0 aromatic heterocycles. The third-order valence-corrected chi connectivity index (χ3v) is 4.88. The Morgan fingerprint density at radius 2 is 2.10 bits per heavy atom. The second-order valence-electron chi connectivity index (χ2n) is 5.42. The van der Waals surface area contributed by atoms with Gasteiger partial charge >= 0.3 is 0 Å². The minimum atomic E-state index is -3.29. The van der Waals surface area contributed by atoms with Gasteiger partial charge in [-0.25, -0.2) is 8.42 Å². The third-order valence-electron chi connectivity index (χ3n) is 3.77. The quantitative estimate of drug-likeness (QED) is 0.839. The van der Waals surface area contributed by atoms with Crippen molar-refractivity contribution in [3.63, 3.8) is 0 Å². The zero-order chi connectivity index (χ0) is 15.5. The number of benzene rings is 1. The van der Waals surface area contributed by atoms with Crippen LogP contribution in [0.5, 0.6) is 5.75 Å². The highest BCUT2D eigenvalue weighted by Gasteiger charge is 2.18. The summed E-state index contributed by atoms with van der Waals surface area (Å²) in [5.74, 6) is 0.408. The molecule has 0 N–H and O–H groups in total. The molecule has 0 unspecified atom stereocenters. The molecule has 0 fully saturated rings. The van der Waals surface area contributed by atoms with E-state index in [9.17, 15) is 8.42 Å². The predicted octanol–water partition coefficient (Wildman–Crippen LogP) is 2.60. The molecule has 1 aliphatic rings. The SMILES string of the molecule is CCCN1CC=C(c2ccc(OC)c(S(C)(=O)=O)c2)CC1. The average Bonchev–Trinajstić information content (AvgIpc) is 2.47. The molecule has 1 aliphatic heterocycles. The maximum atomic E-state index is 11.9. The summed E-state index contributed by atoms with van der Waals surface area (Å²) >= 11 is 0. The third kappa shape index (κ3) is 3.86. The molecule has 0 amide bonds. The van der Waals surface area contributed by atoms with Crippen molar-refractivity contribution in [1.82, 2.24) is 4.90 Å². The van der Waals surface area contributed by atoms with Crippen molar-refractivity contribution in [3.05, 3.63) is 29.8 Å². The normalized spacial score (nSPS) is 16.6. The monoisotopic (exact) mass is 309 g/mol. The van der Waals surface area contributed by atoms with E-state index < -0.39 is 9.84 Å². The van der Waals surface area contributed by atoms with E-state index in [1.54, 1.807) is 12.1 Å². The van der Waals surface area contributed by atoms with Crippen LogP contribution >= 0.6 is 0 Å². The molecule has 2 rings (SSSR count). The van der Waals surface area contributed by atoms with Gasteiger partial charge in [-0.3, -0.25) is 4.90 Å². The summed E-state index contributed by atoms with van der Waals surface area (Å²) in [5.41, 5.74) is 2.20. The summed E-state index contributed by atoms with van der Waals surface area (Å²) in [5, 5.41) is 0. The summed E-state index contributed by atoms with van der Waals surface area (Å²) in [4.78, 5) is 2.67. The van der Waals surface area contributed by atoms with E-state index in [0.29, 0.717) is 5.75 Å². The largest absolute Gasteiger partial charge is 0.495 e. The van der Waals surface area contributed by atoms with E-state index in [1.807, 2.05) is 6.07 Å². The van der Waals surface area contributed by atoms with Crippen LogP contribution in [-0.2, 0) is 9.84 Å². The summed E-state index contributed by atoms with van der Waals surface area (Å²) in [6, 6.07) is 5.41. The Morgan fingerprint density at radius 3 is 2.62 bits per heavy atom. The lowest BCUT2D eigenvalue weighted by atomic mass is 9.99. The first-order valence-corrected chi connectivity index (χ1v) is 9.14. The van der Waals surface area contributed by atoms with Gasteiger partial charge in [0.05, 0.1) is 7.11 Å². The van der Waals surface area contributed by atoms with Crippen molar-refractivity contribution < 1.29 is 13.2 Å². The Kier molecular flexibility index (Phi) is 5.06. The fourth-order valence-corrected chi connectivity index (χ4v) is 3.52. The first kappa shape index (κ1) is 16.0. The van der Waals surface area contributed by atoms with Crippen molar-refractivity contribution in [2.45, 2.75) is 24.7 Å². The van der Waals surface area contributed by atoms with Gasteiger partial charge in [-0.15, -0.1) is 0 Å². The molecule has 1 aromatic carbocycles. The molecule has 0 bridgehead atoms. The number of sulfone groups is 1. The van der Waals surface area contributed by atoms with Crippen LogP contribution in [0.4, 0.5) is 0 Å². The standard InChI is InChI=1S/C16H23NO3S/c1-4-9-17-10-7-13(8-11-17)14-5-6-15(20-2)16(12-14)21(3,18)19/h5-7,12H,4,8-11H2,1-3H3. The van der Waals surface area contributed by atoms with Gasteiger partial charge in [0.2, 0.25) is 0 Å². The molecular formula is C16H23NO3S. The Hall–Kier alpha value is -1.33. The van der Waals surface area contributed by atoms with Crippen molar-refractivity contribution in [1.29, 1.82) is 0 Å². The maximum Gasteiger partial charge on any atom is 0.179 e. The zero-order valence-corrected chi connectivity index (χ0v) is 13.7. The smallest absolute Gasteiger partial charge is 0.179 e. The van der Waals surface area contributed by atoms with Crippen LogP contribution < -0.4 is 4.74 Å².